The van der Waals surface area contributed by atoms with E-state index in [-0.39, 0.29) is 0 Å². The maximum Gasteiger partial charge on any atom is 0.312 e. The van der Waals surface area contributed by atoms with Crippen LogP contribution in [0.15, 0.2) is 36.6 Å². The van der Waals surface area contributed by atoms with E-state index < -0.39 is 18.3 Å². The zero-order chi connectivity index (χ0) is 11.0. The molecule has 0 radical (unpaired) electrons. The molecule has 0 aliphatic carbocycles. The van der Waals surface area contributed by atoms with Crippen LogP contribution in [0.25, 0.3) is 0 Å². The zero-order valence-electron chi connectivity index (χ0n) is 7.99. The number of allylic oxidation sites excluding steroid dienone is 4. The van der Waals surface area contributed by atoms with E-state index in [1.54, 1.807) is 18.2 Å². The highest BCUT2D eigenvalue weighted by Crippen LogP contribution is 1.90. The van der Waals surface area contributed by atoms with Gasteiger partial charge in [0.15, 0.2) is 0 Å². The second-order valence-corrected chi connectivity index (χ2v) is 2.53. The Labute approximate surface area is 82.6 Å². The van der Waals surface area contributed by atoms with Gasteiger partial charge in [0.1, 0.15) is 6.42 Å². The number of hydrogen-bond donors (Lipinski definition) is 2. The Balaban J connectivity index is 3.94. The summed E-state index contributed by atoms with van der Waals surface area (Å²) in [5, 5.41) is 10.6. The maximum atomic E-state index is 10.9. The first-order valence-electron chi connectivity index (χ1n) is 4.06. The lowest BCUT2D eigenvalue weighted by Crippen LogP contribution is -2.23. The van der Waals surface area contributed by atoms with Crippen molar-refractivity contribution in [2.24, 2.45) is 0 Å². The normalized spacial score (nSPS) is 10.6. The Bertz CT molecular complexity index is 290. The highest BCUT2D eigenvalue weighted by molar-refractivity contribution is 5.94. The third-order valence-electron chi connectivity index (χ3n) is 1.21. The molecular formula is C10H13NO3. The lowest BCUT2D eigenvalue weighted by molar-refractivity contribution is -0.140. The van der Waals surface area contributed by atoms with Gasteiger partial charge in [0, 0.05) is 5.70 Å². The van der Waals surface area contributed by atoms with Crippen LogP contribution in [0.3, 0.4) is 0 Å². The summed E-state index contributed by atoms with van der Waals surface area (Å²) < 4.78 is 0. The molecule has 0 aromatic rings. The van der Waals surface area contributed by atoms with Gasteiger partial charge in [-0.3, -0.25) is 9.59 Å². The Morgan fingerprint density at radius 3 is 2.57 bits per heavy atom. The second-order valence-electron chi connectivity index (χ2n) is 2.53. The number of rotatable bonds is 5. The van der Waals surface area contributed by atoms with E-state index in [0.717, 1.165) is 0 Å². The molecule has 0 bridgehead atoms. The molecule has 0 unspecified atom stereocenters. The van der Waals surface area contributed by atoms with E-state index >= 15 is 0 Å². The highest BCUT2D eigenvalue weighted by atomic mass is 16.4. The van der Waals surface area contributed by atoms with Crippen molar-refractivity contribution in [3.63, 3.8) is 0 Å². The molecule has 14 heavy (non-hydrogen) atoms. The van der Waals surface area contributed by atoms with E-state index in [0.29, 0.717) is 5.70 Å². The van der Waals surface area contributed by atoms with Crippen LogP contribution in [0.1, 0.15) is 13.3 Å². The molecule has 76 valence electrons. The van der Waals surface area contributed by atoms with E-state index in [1.807, 2.05) is 13.0 Å². The van der Waals surface area contributed by atoms with Crippen LogP contribution in [0.2, 0.25) is 0 Å². The van der Waals surface area contributed by atoms with Crippen molar-refractivity contribution >= 4 is 11.9 Å². The number of amides is 1. The molecule has 0 atom stereocenters. The van der Waals surface area contributed by atoms with E-state index in [2.05, 4.69) is 11.9 Å². The Morgan fingerprint density at radius 1 is 1.43 bits per heavy atom. The monoisotopic (exact) mass is 195 g/mol. The van der Waals surface area contributed by atoms with Gasteiger partial charge in [-0.1, -0.05) is 24.8 Å². The highest BCUT2D eigenvalue weighted by Gasteiger charge is 2.06. The molecule has 0 rings (SSSR count). The summed E-state index contributed by atoms with van der Waals surface area (Å²) in [6, 6.07) is 0. The molecule has 0 aliphatic rings. The summed E-state index contributed by atoms with van der Waals surface area (Å²) in [4.78, 5) is 21.0. The van der Waals surface area contributed by atoms with Crippen LogP contribution in [-0.2, 0) is 9.59 Å². The van der Waals surface area contributed by atoms with Crippen LogP contribution < -0.4 is 5.32 Å². The summed E-state index contributed by atoms with van der Waals surface area (Å²) >= 11 is 0. The van der Waals surface area contributed by atoms with Crippen molar-refractivity contribution in [3.8, 4) is 0 Å². The van der Waals surface area contributed by atoms with Crippen LogP contribution in [0, 0.1) is 0 Å². The minimum absolute atomic E-state index is 0.370. The summed E-state index contributed by atoms with van der Waals surface area (Å²) in [7, 11) is 0. The SMILES string of the molecule is C=C(/C=C\C=C/C)NC(=O)CC(=O)O. The average molecular weight is 195 g/mol. The van der Waals surface area contributed by atoms with Gasteiger partial charge in [-0.2, -0.15) is 0 Å². The first kappa shape index (κ1) is 12.2. The van der Waals surface area contributed by atoms with Crippen molar-refractivity contribution in [2.75, 3.05) is 0 Å². The molecule has 0 heterocycles. The van der Waals surface area contributed by atoms with Gasteiger partial charge >= 0.3 is 5.97 Å². The first-order valence-corrected chi connectivity index (χ1v) is 4.06. The minimum Gasteiger partial charge on any atom is -0.481 e. The van der Waals surface area contributed by atoms with Gasteiger partial charge in [0.2, 0.25) is 5.91 Å². The molecule has 0 aliphatic heterocycles. The molecule has 0 saturated heterocycles. The molecule has 1 amide bonds. The van der Waals surface area contributed by atoms with E-state index in [4.69, 9.17) is 5.11 Å². The molecule has 4 nitrogen and oxygen atoms in total. The molecular weight excluding hydrogens is 182 g/mol. The largest absolute Gasteiger partial charge is 0.481 e. The number of carbonyl (C=O) groups excluding carboxylic acids is 1. The average Bonchev–Trinajstić information content (AvgIpc) is 2.02. The third kappa shape index (κ3) is 6.84. The molecule has 4 heteroatoms. The number of nitrogens with one attached hydrogen (secondary N) is 1. The minimum atomic E-state index is -1.16. The standard InChI is InChI=1S/C10H13NO3/c1-3-4-5-6-8(2)11-9(12)7-10(13)14/h3-6H,2,7H2,1H3,(H,11,12)(H,13,14)/b4-3-,6-5-. The van der Waals surface area contributed by atoms with Crippen LogP contribution in [-0.4, -0.2) is 17.0 Å². The number of carboxylic acid groups (broad SMARTS) is 1. The van der Waals surface area contributed by atoms with Crippen molar-refractivity contribution in [1.29, 1.82) is 0 Å². The number of carbonyl (C=O) groups is 2. The lowest BCUT2D eigenvalue weighted by atomic mass is 10.3. The predicted molar refractivity (Wildman–Crippen MR) is 53.5 cm³/mol. The number of carboxylic acids is 1. The summed E-state index contributed by atoms with van der Waals surface area (Å²) in [6.07, 6.45) is 6.33. The van der Waals surface area contributed by atoms with E-state index in [1.165, 1.54) is 0 Å². The topological polar surface area (TPSA) is 66.4 Å². The lowest BCUT2D eigenvalue weighted by Gasteiger charge is -2.00. The Kier molecular flexibility index (Phi) is 5.78. The summed E-state index contributed by atoms with van der Waals surface area (Å²) in [6.45, 7) is 5.39. The summed E-state index contributed by atoms with van der Waals surface area (Å²) in [5.41, 5.74) is 0.370. The van der Waals surface area contributed by atoms with Gasteiger partial charge in [-0.25, -0.2) is 0 Å². The smallest absolute Gasteiger partial charge is 0.312 e. The van der Waals surface area contributed by atoms with Crippen LogP contribution in [0.4, 0.5) is 0 Å². The second kappa shape index (κ2) is 6.65. The van der Waals surface area contributed by atoms with Gasteiger partial charge in [0.25, 0.3) is 0 Å². The summed E-state index contributed by atoms with van der Waals surface area (Å²) in [5.74, 6) is -1.74. The third-order valence-corrected chi connectivity index (χ3v) is 1.21. The molecule has 0 fully saturated rings. The van der Waals surface area contributed by atoms with Gasteiger partial charge < -0.3 is 10.4 Å². The fraction of sp³-hybridized carbons (Fsp3) is 0.200. The number of aliphatic carboxylic acids is 1. The van der Waals surface area contributed by atoms with E-state index in [9.17, 15) is 9.59 Å². The van der Waals surface area contributed by atoms with Crippen LogP contribution in [0.5, 0.6) is 0 Å². The zero-order valence-corrected chi connectivity index (χ0v) is 7.99. The maximum absolute atomic E-state index is 10.9. The fourth-order valence-corrected chi connectivity index (χ4v) is 0.685. The molecule has 2 N–H and O–H groups in total. The quantitative estimate of drug-likeness (QED) is 0.512. The Morgan fingerprint density at radius 2 is 2.07 bits per heavy atom. The van der Waals surface area contributed by atoms with Crippen molar-refractivity contribution in [1.82, 2.24) is 5.32 Å². The van der Waals surface area contributed by atoms with Gasteiger partial charge in [-0.15, -0.1) is 0 Å². The molecule has 0 aromatic carbocycles. The molecule has 0 aromatic heterocycles. The molecule has 0 spiro atoms. The fourth-order valence-electron chi connectivity index (χ4n) is 0.685. The van der Waals surface area contributed by atoms with Crippen LogP contribution >= 0.6 is 0 Å². The predicted octanol–water partition coefficient (Wildman–Crippen LogP) is 1.22. The Hall–Kier alpha value is -1.84. The molecule has 0 saturated carbocycles. The van der Waals surface area contributed by atoms with Gasteiger partial charge in [0.05, 0.1) is 0 Å². The van der Waals surface area contributed by atoms with Crippen molar-refractivity contribution < 1.29 is 14.7 Å². The van der Waals surface area contributed by atoms with Crippen molar-refractivity contribution in [2.45, 2.75) is 13.3 Å². The van der Waals surface area contributed by atoms with Gasteiger partial charge in [-0.05, 0) is 13.0 Å². The first-order chi connectivity index (χ1) is 6.56. The number of hydrogen-bond acceptors (Lipinski definition) is 2. The van der Waals surface area contributed by atoms with Crippen molar-refractivity contribution in [3.05, 3.63) is 36.6 Å².